The first-order valence-corrected chi connectivity index (χ1v) is 6.73. The van der Waals surface area contributed by atoms with E-state index >= 15 is 0 Å². The molecule has 1 nitrogen and oxygen atoms in total. The molecule has 1 aliphatic heterocycles. The molecular weight excluding hydrogens is 202 g/mol. The Morgan fingerprint density at radius 3 is 2.73 bits per heavy atom. The monoisotopic (exact) mass is 221 g/mol. The molecule has 0 aromatic heterocycles. The number of benzene rings is 1. The van der Waals surface area contributed by atoms with E-state index in [2.05, 4.69) is 50.1 Å². The molecular formula is C13H19NS. The summed E-state index contributed by atoms with van der Waals surface area (Å²) in [6.45, 7) is 4.47. The Morgan fingerprint density at radius 2 is 2.00 bits per heavy atom. The van der Waals surface area contributed by atoms with Gasteiger partial charge in [-0.15, -0.1) is 0 Å². The van der Waals surface area contributed by atoms with Crippen LogP contribution in [0.25, 0.3) is 0 Å². The molecule has 0 fully saturated rings. The summed E-state index contributed by atoms with van der Waals surface area (Å²) in [4.78, 5) is 0. The van der Waals surface area contributed by atoms with Crippen molar-refractivity contribution in [1.29, 1.82) is 0 Å². The lowest BCUT2D eigenvalue weighted by atomic mass is 9.92. The van der Waals surface area contributed by atoms with E-state index < -0.39 is 0 Å². The van der Waals surface area contributed by atoms with Gasteiger partial charge in [0.05, 0.1) is 0 Å². The average molecular weight is 221 g/mol. The molecule has 0 bridgehead atoms. The van der Waals surface area contributed by atoms with Crippen LogP contribution in [0.15, 0.2) is 12.1 Å². The first-order valence-electron chi connectivity index (χ1n) is 5.58. The summed E-state index contributed by atoms with van der Waals surface area (Å²) in [5.74, 6) is 2.44. The minimum atomic E-state index is 0.551. The smallest absolute Gasteiger partial charge is 0.0331 e. The number of aryl methyl sites for hydroxylation is 2. The maximum atomic E-state index is 3.45. The highest BCUT2D eigenvalue weighted by Crippen LogP contribution is 2.34. The van der Waals surface area contributed by atoms with Crippen molar-refractivity contribution in [1.82, 2.24) is 5.32 Å². The van der Waals surface area contributed by atoms with Gasteiger partial charge in [0.2, 0.25) is 0 Å². The van der Waals surface area contributed by atoms with Crippen molar-refractivity contribution in [3.05, 3.63) is 34.4 Å². The van der Waals surface area contributed by atoms with Gasteiger partial charge >= 0.3 is 0 Å². The van der Waals surface area contributed by atoms with Crippen molar-refractivity contribution in [2.75, 3.05) is 12.8 Å². The van der Waals surface area contributed by atoms with Crippen LogP contribution in [0, 0.1) is 13.8 Å². The second-order valence-electron chi connectivity index (χ2n) is 4.27. The molecule has 1 heterocycles. The summed E-state index contributed by atoms with van der Waals surface area (Å²) in [5.41, 5.74) is 6.02. The molecule has 0 radical (unpaired) electrons. The van der Waals surface area contributed by atoms with Crippen molar-refractivity contribution in [3.63, 3.8) is 0 Å². The zero-order chi connectivity index (χ0) is 10.8. The Morgan fingerprint density at radius 1 is 1.27 bits per heavy atom. The molecule has 1 aliphatic rings. The third-order valence-corrected chi connectivity index (χ3v) is 4.32. The molecule has 1 N–H and O–H groups in total. The van der Waals surface area contributed by atoms with Gasteiger partial charge in [-0.2, -0.15) is 11.8 Å². The summed E-state index contributed by atoms with van der Waals surface area (Å²) in [5, 5.41) is 3.45. The van der Waals surface area contributed by atoms with E-state index in [1.54, 1.807) is 11.1 Å². The van der Waals surface area contributed by atoms with E-state index in [1.165, 1.54) is 29.1 Å². The lowest BCUT2D eigenvalue weighted by molar-refractivity contribution is 0.577. The third-order valence-electron chi connectivity index (χ3n) is 3.30. The molecule has 0 aliphatic carbocycles. The van der Waals surface area contributed by atoms with E-state index in [0.29, 0.717) is 6.04 Å². The van der Waals surface area contributed by atoms with Gasteiger partial charge in [0.1, 0.15) is 0 Å². The van der Waals surface area contributed by atoms with Crippen LogP contribution in [0.3, 0.4) is 0 Å². The van der Waals surface area contributed by atoms with Crippen molar-refractivity contribution < 1.29 is 0 Å². The normalized spacial score (nSPS) is 20.9. The predicted octanol–water partition coefficient (Wildman–Crippen LogP) is 3.20. The van der Waals surface area contributed by atoms with Crippen LogP contribution in [-0.4, -0.2) is 12.8 Å². The predicted molar refractivity (Wildman–Crippen MR) is 68.5 cm³/mol. The second kappa shape index (κ2) is 4.58. The highest BCUT2D eigenvalue weighted by molar-refractivity contribution is 7.98. The first kappa shape index (κ1) is 11.0. The van der Waals surface area contributed by atoms with Gasteiger partial charge < -0.3 is 5.32 Å². The highest BCUT2D eigenvalue weighted by Gasteiger charge is 2.20. The minimum Gasteiger partial charge on any atom is -0.313 e. The van der Waals surface area contributed by atoms with Crippen LogP contribution in [0.2, 0.25) is 0 Å². The molecule has 2 heteroatoms. The van der Waals surface area contributed by atoms with Gasteiger partial charge in [-0.3, -0.25) is 0 Å². The van der Waals surface area contributed by atoms with Gasteiger partial charge in [-0.1, -0.05) is 12.1 Å². The third kappa shape index (κ3) is 2.06. The van der Waals surface area contributed by atoms with E-state index in [-0.39, 0.29) is 0 Å². The summed E-state index contributed by atoms with van der Waals surface area (Å²) < 4.78 is 0. The lowest BCUT2D eigenvalue weighted by Crippen LogP contribution is -2.18. The Hall–Kier alpha value is -0.470. The molecule has 1 unspecified atom stereocenters. The minimum absolute atomic E-state index is 0.551. The summed E-state index contributed by atoms with van der Waals surface area (Å²) in [6.07, 6.45) is 1.25. The number of fused-ring (bicyclic) bond motifs is 1. The Kier molecular flexibility index (Phi) is 3.37. The molecule has 2 rings (SSSR count). The molecule has 1 aromatic rings. The number of thioether (sulfide) groups is 1. The average Bonchev–Trinajstić information content (AvgIpc) is 2.46. The van der Waals surface area contributed by atoms with Gasteiger partial charge in [0.25, 0.3) is 0 Å². The van der Waals surface area contributed by atoms with Crippen molar-refractivity contribution >= 4 is 11.8 Å². The largest absolute Gasteiger partial charge is 0.313 e. The fourth-order valence-electron chi connectivity index (χ4n) is 2.38. The summed E-state index contributed by atoms with van der Waals surface area (Å²) in [6, 6.07) is 5.07. The van der Waals surface area contributed by atoms with Crippen molar-refractivity contribution in [2.24, 2.45) is 0 Å². The number of hydrogen-bond donors (Lipinski definition) is 1. The maximum Gasteiger partial charge on any atom is 0.0331 e. The van der Waals surface area contributed by atoms with Gasteiger partial charge in [-0.05, 0) is 55.3 Å². The quantitative estimate of drug-likeness (QED) is 0.781. The number of nitrogens with one attached hydrogen (secondary N) is 1. The van der Waals surface area contributed by atoms with Crippen LogP contribution in [-0.2, 0) is 5.75 Å². The molecule has 0 saturated heterocycles. The summed E-state index contributed by atoms with van der Waals surface area (Å²) in [7, 11) is 2.08. The number of hydrogen-bond acceptors (Lipinski definition) is 2. The van der Waals surface area contributed by atoms with E-state index in [9.17, 15) is 0 Å². The van der Waals surface area contributed by atoms with E-state index in [4.69, 9.17) is 0 Å². The van der Waals surface area contributed by atoms with Crippen molar-refractivity contribution in [3.8, 4) is 0 Å². The standard InChI is InChI=1S/C13H19NS/c1-9-4-5-10(2)13-11(9)8-15-7-6-12(13)14-3/h4-5,12,14H,6-8H2,1-3H3. The molecule has 82 valence electrons. The van der Waals surface area contributed by atoms with Crippen molar-refractivity contribution in [2.45, 2.75) is 32.1 Å². The van der Waals surface area contributed by atoms with Crippen LogP contribution in [0.4, 0.5) is 0 Å². The Labute approximate surface area is 96.7 Å². The van der Waals surface area contributed by atoms with Crippen LogP contribution in [0.5, 0.6) is 0 Å². The van der Waals surface area contributed by atoms with Gasteiger partial charge in [-0.25, -0.2) is 0 Å². The fourth-order valence-corrected chi connectivity index (χ4v) is 3.51. The topological polar surface area (TPSA) is 12.0 Å². The summed E-state index contributed by atoms with van der Waals surface area (Å²) >= 11 is 2.06. The van der Waals surface area contributed by atoms with E-state index in [1.807, 2.05) is 0 Å². The molecule has 0 spiro atoms. The molecule has 1 aromatic carbocycles. The fraction of sp³-hybridized carbons (Fsp3) is 0.538. The van der Waals surface area contributed by atoms with Crippen LogP contribution in [0.1, 0.15) is 34.7 Å². The molecule has 1 atom stereocenters. The zero-order valence-electron chi connectivity index (χ0n) is 9.76. The Bertz CT molecular complexity index is 360. The molecule has 15 heavy (non-hydrogen) atoms. The number of rotatable bonds is 1. The molecule has 0 saturated carbocycles. The van der Waals surface area contributed by atoms with Crippen LogP contribution >= 0.6 is 11.8 Å². The van der Waals surface area contributed by atoms with Gasteiger partial charge in [0, 0.05) is 11.8 Å². The highest BCUT2D eigenvalue weighted by atomic mass is 32.2. The SMILES string of the molecule is CNC1CCSCc2c(C)ccc(C)c21. The van der Waals surface area contributed by atoms with Crippen LogP contribution < -0.4 is 5.32 Å². The van der Waals surface area contributed by atoms with E-state index in [0.717, 1.165) is 0 Å². The first-order chi connectivity index (χ1) is 7.24. The Balaban J connectivity index is 2.54. The zero-order valence-corrected chi connectivity index (χ0v) is 10.6. The van der Waals surface area contributed by atoms with Gasteiger partial charge in [0.15, 0.2) is 0 Å². The maximum absolute atomic E-state index is 3.45. The molecule has 0 amide bonds. The lowest BCUT2D eigenvalue weighted by Gasteiger charge is -2.20. The second-order valence-corrected chi connectivity index (χ2v) is 5.38.